The van der Waals surface area contributed by atoms with Crippen molar-refractivity contribution in [1.82, 2.24) is 4.57 Å². The largest absolute Gasteiger partial charge is 0.269 e. The molecule has 1 heteroatoms. The van der Waals surface area contributed by atoms with Gasteiger partial charge in [0.05, 0.1) is 11.0 Å². The first-order valence-electron chi connectivity index (χ1n) is 4.86. The predicted octanol–water partition coefficient (Wildman–Crippen LogP) is 3.23. The van der Waals surface area contributed by atoms with Crippen LogP contribution in [-0.4, -0.2) is 4.57 Å². The maximum atomic E-state index is 5.54. The summed E-state index contributed by atoms with van der Waals surface area (Å²) in [6, 6.07) is 19.1. The fourth-order valence-electron chi connectivity index (χ4n) is 2.06. The molecule has 0 saturated carbocycles. The molecule has 3 aromatic rings. The number of hydrogen-bond acceptors (Lipinski definition) is 0. The summed E-state index contributed by atoms with van der Waals surface area (Å²) in [5.41, 5.74) is 2.20. The summed E-state index contributed by atoms with van der Waals surface area (Å²) in [6.07, 6.45) is 5.54. The third-order valence-corrected chi connectivity index (χ3v) is 2.71. The van der Waals surface area contributed by atoms with Crippen LogP contribution in [0.1, 0.15) is 0 Å². The molecular formula is C14H9N. The smallest absolute Gasteiger partial charge is 0.0624 e. The summed E-state index contributed by atoms with van der Waals surface area (Å²) in [5.74, 6) is 0. The molecule has 0 fully saturated rings. The highest BCUT2D eigenvalue weighted by Crippen LogP contribution is 2.27. The molecule has 0 aliphatic rings. The molecule has 1 aromatic heterocycles. The Labute approximate surface area is 87.9 Å². The van der Waals surface area contributed by atoms with Crippen molar-refractivity contribution in [2.45, 2.75) is 0 Å². The van der Waals surface area contributed by atoms with Gasteiger partial charge in [0.25, 0.3) is 0 Å². The minimum Gasteiger partial charge on any atom is -0.269 e. The van der Waals surface area contributed by atoms with Crippen molar-refractivity contribution >= 4 is 21.8 Å². The molecule has 0 spiro atoms. The van der Waals surface area contributed by atoms with Crippen LogP contribution in [0.2, 0.25) is 0 Å². The topological polar surface area (TPSA) is 4.93 Å². The van der Waals surface area contributed by atoms with E-state index in [1.165, 1.54) is 10.8 Å². The Balaban J connectivity index is 2.70. The maximum absolute atomic E-state index is 5.54. The van der Waals surface area contributed by atoms with Crippen LogP contribution >= 0.6 is 0 Å². The van der Waals surface area contributed by atoms with E-state index in [9.17, 15) is 0 Å². The molecule has 2 aromatic carbocycles. The van der Waals surface area contributed by atoms with Gasteiger partial charge in [0.1, 0.15) is 0 Å². The molecule has 1 nitrogen and oxygen atoms in total. The molecule has 70 valence electrons. The highest BCUT2D eigenvalue weighted by Gasteiger charge is 2.06. The Kier molecular flexibility index (Phi) is 1.57. The van der Waals surface area contributed by atoms with Gasteiger partial charge < -0.3 is 0 Å². The number of nitrogens with zero attached hydrogens (tertiary/aromatic N) is 1. The van der Waals surface area contributed by atoms with Crippen molar-refractivity contribution in [3.8, 4) is 12.5 Å². The van der Waals surface area contributed by atoms with E-state index in [0.29, 0.717) is 0 Å². The van der Waals surface area contributed by atoms with Crippen molar-refractivity contribution in [3.63, 3.8) is 0 Å². The van der Waals surface area contributed by atoms with Gasteiger partial charge in [-0.05, 0) is 12.1 Å². The number of terminal acetylenes is 1. The van der Waals surface area contributed by atoms with E-state index in [4.69, 9.17) is 6.42 Å². The van der Waals surface area contributed by atoms with Crippen molar-refractivity contribution < 1.29 is 0 Å². The van der Waals surface area contributed by atoms with E-state index in [2.05, 4.69) is 30.3 Å². The molecule has 3 rings (SSSR count). The van der Waals surface area contributed by atoms with Crippen LogP contribution in [0.3, 0.4) is 0 Å². The van der Waals surface area contributed by atoms with Gasteiger partial charge >= 0.3 is 0 Å². The number of benzene rings is 2. The molecule has 0 radical (unpaired) electrons. The number of aromatic nitrogens is 1. The van der Waals surface area contributed by atoms with Gasteiger partial charge in [0, 0.05) is 16.8 Å². The quantitative estimate of drug-likeness (QED) is 0.481. The summed E-state index contributed by atoms with van der Waals surface area (Å²) < 4.78 is 1.89. The monoisotopic (exact) mass is 191 g/mol. The molecule has 0 unspecified atom stereocenters. The first-order chi connectivity index (χ1) is 7.42. The van der Waals surface area contributed by atoms with E-state index in [0.717, 1.165) is 11.0 Å². The molecule has 15 heavy (non-hydrogen) atoms. The minimum atomic E-state index is 1.10. The van der Waals surface area contributed by atoms with Gasteiger partial charge in [-0.2, -0.15) is 0 Å². The average Bonchev–Trinajstić information content (AvgIpc) is 2.63. The van der Waals surface area contributed by atoms with E-state index in [1.807, 2.05) is 28.8 Å². The third kappa shape index (κ3) is 0.992. The Morgan fingerprint density at radius 3 is 1.73 bits per heavy atom. The zero-order valence-electron chi connectivity index (χ0n) is 8.14. The lowest BCUT2D eigenvalue weighted by Crippen LogP contribution is -1.85. The summed E-state index contributed by atoms with van der Waals surface area (Å²) in [5, 5.41) is 2.43. The van der Waals surface area contributed by atoms with Crippen LogP contribution in [0.4, 0.5) is 0 Å². The molecule has 0 amide bonds. The van der Waals surface area contributed by atoms with Gasteiger partial charge in [-0.3, -0.25) is 4.57 Å². The van der Waals surface area contributed by atoms with E-state index in [-0.39, 0.29) is 0 Å². The molecule has 0 N–H and O–H groups in total. The predicted molar refractivity (Wildman–Crippen MR) is 63.7 cm³/mol. The third-order valence-electron chi connectivity index (χ3n) is 2.71. The summed E-state index contributed by atoms with van der Waals surface area (Å²) in [6.45, 7) is 0. The molecule has 0 bridgehead atoms. The average molecular weight is 191 g/mol. The molecule has 0 saturated heterocycles. The highest BCUT2D eigenvalue weighted by atomic mass is 14.9. The van der Waals surface area contributed by atoms with Gasteiger partial charge in [0.2, 0.25) is 0 Å². The first-order valence-corrected chi connectivity index (χ1v) is 4.86. The van der Waals surface area contributed by atoms with Gasteiger partial charge in [-0.1, -0.05) is 42.8 Å². The Hall–Kier alpha value is -2.20. The first kappa shape index (κ1) is 8.14. The zero-order valence-corrected chi connectivity index (χ0v) is 8.14. The van der Waals surface area contributed by atoms with Crippen molar-refractivity contribution in [2.24, 2.45) is 0 Å². The number of para-hydroxylation sites is 2. The maximum Gasteiger partial charge on any atom is 0.0624 e. The van der Waals surface area contributed by atoms with Crippen molar-refractivity contribution in [1.29, 1.82) is 0 Å². The second-order valence-electron chi connectivity index (χ2n) is 3.50. The Morgan fingerprint density at radius 2 is 1.27 bits per heavy atom. The van der Waals surface area contributed by atoms with E-state index >= 15 is 0 Å². The van der Waals surface area contributed by atoms with E-state index < -0.39 is 0 Å². The number of hydrogen-bond donors (Lipinski definition) is 0. The van der Waals surface area contributed by atoms with Crippen LogP contribution in [0.25, 0.3) is 21.8 Å². The number of fused-ring (bicyclic) bond motifs is 3. The lowest BCUT2D eigenvalue weighted by molar-refractivity contribution is 1.27. The Bertz CT molecular complexity index is 630. The summed E-state index contributed by atoms with van der Waals surface area (Å²) >= 11 is 0. The molecule has 0 aliphatic heterocycles. The van der Waals surface area contributed by atoms with Crippen molar-refractivity contribution in [2.75, 3.05) is 0 Å². The zero-order chi connectivity index (χ0) is 10.3. The standard InChI is InChI=1S/C14H9N/c1-2-15-13-9-5-3-7-11(13)12-8-4-6-10-14(12)15/h1,3-10H. The van der Waals surface area contributed by atoms with Crippen LogP contribution in [-0.2, 0) is 0 Å². The van der Waals surface area contributed by atoms with E-state index in [1.54, 1.807) is 0 Å². The lowest BCUT2D eigenvalue weighted by Gasteiger charge is -1.94. The molecule has 1 heterocycles. The Morgan fingerprint density at radius 1 is 0.800 bits per heavy atom. The second-order valence-corrected chi connectivity index (χ2v) is 3.50. The van der Waals surface area contributed by atoms with Gasteiger partial charge in [-0.15, -0.1) is 0 Å². The summed E-state index contributed by atoms with van der Waals surface area (Å²) in [7, 11) is 0. The molecule has 0 atom stereocenters. The van der Waals surface area contributed by atoms with Crippen molar-refractivity contribution in [3.05, 3.63) is 48.5 Å². The summed E-state index contributed by atoms with van der Waals surface area (Å²) in [4.78, 5) is 0. The SMILES string of the molecule is C#Cn1c2ccccc2c2ccccc21. The fraction of sp³-hybridized carbons (Fsp3) is 0. The highest BCUT2D eigenvalue weighted by molar-refractivity contribution is 6.08. The minimum absolute atomic E-state index is 1.10. The van der Waals surface area contributed by atoms with Crippen LogP contribution in [0.5, 0.6) is 0 Å². The molecule has 0 aliphatic carbocycles. The second kappa shape index (κ2) is 2.90. The number of rotatable bonds is 0. The van der Waals surface area contributed by atoms with Crippen LogP contribution in [0, 0.1) is 12.5 Å². The van der Waals surface area contributed by atoms with Gasteiger partial charge in [0.15, 0.2) is 0 Å². The normalized spacial score (nSPS) is 10.6. The lowest BCUT2D eigenvalue weighted by atomic mass is 10.2. The fourth-order valence-corrected chi connectivity index (χ4v) is 2.06. The van der Waals surface area contributed by atoms with Crippen LogP contribution in [0.15, 0.2) is 48.5 Å². The van der Waals surface area contributed by atoms with Gasteiger partial charge in [-0.25, -0.2) is 0 Å². The van der Waals surface area contributed by atoms with Crippen LogP contribution < -0.4 is 0 Å². The molecular weight excluding hydrogens is 182 g/mol.